The van der Waals surface area contributed by atoms with Crippen molar-refractivity contribution < 1.29 is 14.0 Å². The number of urea groups is 1. The number of aryl methyl sites for hydroxylation is 1. The third-order valence-electron chi connectivity index (χ3n) is 4.61. The van der Waals surface area contributed by atoms with E-state index in [9.17, 15) is 9.59 Å². The molecule has 0 saturated carbocycles. The van der Waals surface area contributed by atoms with Gasteiger partial charge in [-0.1, -0.05) is 34.1 Å². The molecule has 1 saturated heterocycles. The number of thiophene rings is 1. The highest BCUT2D eigenvalue weighted by Crippen LogP contribution is 2.32. The van der Waals surface area contributed by atoms with E-state index in [0.717, 1.165) is 9.35 Å². The molecule has 1 atom stereocenters. The first-order valence-electron chi connectivity index (χ1n) is 8.29. The topological polar surface area (TPSA) is 75.4 Å². The molecular weight excluding hydrogens is 430 g/mol. The molecule has 3 amide bonds. The smallest absolute Gasteiger partial charge is 0.325 e. The number of carbonyl (C=O) groups is 2. The lowest BCUT2D eigenvalue weighted by atomic mass is 9.92. The molecule has 2 aromatic heterocycles. The van der Waals surface area contributed by atoms with Crippen LogP contribution in [0.2, 0.25) is 0 Å². The van der Waals surface area contributed by atoms with Crippen molar-refractivity contribution >= 4 is 39.2 Å². The summed E-state index contributed by atoms with van der Waals surface area (Å²) in [6.45, 7) is 3.56. The molecule has 3 aromatic rings. The number of hydrogen-bond acceptors (Lipinski definition) is 5. The number of nitrogens with one attached hydrogen (secondary N) is 1. The van der Waals surface area contributed by atoms with Gasteiger partial charge in [0.2, 0.25) is 5.89 Å². The van der Waals surface area contributed by atoms with Crippen molar-refractivity contribution in [1.29, 1.82) is 0 Å². The van der Waals surface area contributed by atoms with Gasteiger partial charge >= 0.3 is 6.03 Å². The van der Waals surface area contributed by atoms with Crippen molar-refractivity contribution in [1.82, 2.24) is 15.2 Å². The summed E-state index contributed by atoms with van der Waals surface area (Å²) in [5.74, 6) is 0.778. The fourth-order valence-corrected chi connectivity index (χ4v) is 4.11. The highest BCUT2D eigenvalue weighted by atomic mass is 79.9. The maximum atomic E-state index is 13.1. The minimum absolute atomic E-state index is 0.0645. The molecule has 8 heteroatoms. The number of rotatable bonds is 4. The molecule has 0 bridgehead atoms. The summed E-state index contributed by atoms with van der Waals surface area (Å²) in [6, 6.07) is 10.7. The van der Waals surface area contributed by atoms with Crippen LogP contribution in [0.3, 0.4) is 0 Å². The first-order valence-corrected chi connectivity index (χ1v) is 9.96. The zero-order valence-corrected chi connectivity index (χ0v) is 17.1. The van der Waals surface area contributed by atoms with Gasteiger partial charge in [-0.15, -0.1) is 11.3 Å². The van der Waals surface area contributed by atoms with Crippen LogP contribution in [0, 0.1) is 6.92 Å². The van der Waals surface area contributed by atoms with E-state index in [1.165, 1.54) is 16.2 Å². The molecule has 6 nitrogen and oxygen atoms in total. The molecule has 1 aromatic carbocycles. The van der Waals surface area contributed by atoms with Crippen LogP contribution in [0.15, 0.2) is 50.7 Å². The third-order valence-corrected chi connectivity index (χ3v) is 5.96. The van der Waals surface area contributed by atoms with Gasteiger partial charge in [-0.25, -0.2) is 9.78 Å². The van der Waals surface area contributed by atoms with Gasteiger partial charge in [-0.05, 0) is 43.0 Å². The van der Waals surface area contributed by atoms with E-state index >= 15 is 0 Å². The van der Waals surface area contributed by atoms with Gasteiger partial charge in [0.15, 0.2) is 0 Å². The summed E-state index contributed by atoms with van der Waals surface area (Å²) in [5, 5.41) is 4.75. The second kappa shape index (κ2) is 6.61. The maximum absolute atomic E-state index is 13.1. The second-order valence-electron chi connectivity index (χ2n) is 6.46. The highest BCUT2D eigenvalue weighted by molar-refractivity contribution is 9.10. The van der Waals surface area contributed by atoms with Crippen LogP contribution < -0.4 is 5.32 Å². The average molecular weight is 446 g/mol. The fourth-order valence-electron chi connectivity index (χ4n) is 3.07. The number of halogens is 1. The van der Waals surface area contributed by atoms with Crippen LogP contribution in [0.4, 0.5) is 4.79 Å². The molecule has 3 heterocycles. The van der Waals surface area contributed by atoms with E-state index in [0.29, 0.717) is 22.9 Å². The number of nitrogens with zero attached hydrogens (tertiary/aromatic N) is 2. The van der Waals surface area contributed by atoms with E-state index in [-0.39, 0.29) is 12.5 Å². The Morgan fingerprint density at radius 2 is 2.11 bits per heavy atom. The maximum Gasteiger partial charge on any atom is 0.325 e. The van der Waals surface area contributed by atoms with Crippen molar-refractivity contribution in [3.05, 3.63) is 63.3 Å². The lowest BCUT2D eigenvalue weighted by Gasteiger charge is -2.22. The van der Waals surface area contributed by atoms with E-state index in [1.54, 1.807) is 13.8 Å². The Hall–Kier alpha value is -2.45. The van der Waals surface area contributed by atoms with Crippen molar-refractivity contribution in [3.63, 3.8) is 0 Å². The molecule has 1 fully saturated rings. The van der Waals surface area contributed by atoms with Gasteiger partial charge in [0, 0.05) is 4.47 Å². The number of aromatic nitrogens is 1. The molecule has 0 radical (unpaired) electrons. The van der Waals surface area contributed by atoms with Crippen LogP contribution in [0.25, 0.3) is 10.8 Å². The van der Waals surface area contributed by atoms with Crippen LogP contribution in [0.1, 0.15) is 23.9 Å². The van der Waals surface area contributed by atoms with E-state index in [4.69, 9.17) is 4.42 Å². The highest BCUT2D eigenvalue weighted by Gasteiger charge is 2.49. The molecule has 0 unspecified atom stereocenters. The van der Waals surface area contributed by atoms with Crippen LogP contribution in [0.5, 0.6) is 0 Å². The Bertz CT molecular complexity index is 1030. The van der Waals surface area contributed by atoms with E-state index in [2.05, 4.69) is 26.2 Å². The van der Waals surface area contributed by atoms with Crippen molar-refractivity contribution in [2.75, 3.05) is 0 Å². The normalized spacial score (nSPS) is 19.6. The first-order chi connectivity index (χ1) is 12.9. The molecule has 27 heavy (non-hydrogen) atoms. The number of amides is 3. The minimum Gasteiger partial charge on any atom is -0.440 e. The van der Waals surface area contributed by atoms with Gasteiger partial charge in [-0.3, -0.25) is 9.69 Å². The Morgan fingerprint density at radius 1 is 1.30 bits per heavy atom. The number of imide groups is 1. The fraction of sp³-hybridized carbons (Fsp3) is 0.211. The Balaban J connectivity index is 1.62. The molecule has 4 rings (SSSR count). The lowest BCUT2D eigenvalue weighted by Crippen LogP contribution is -2.40. The largest absolute Gasteiger partial charge is 0.440 e. The molecule has 138 valence electrons. The van der Waals surface area contributed by atoms with Crippen molar-refractivity contribution in [2.45, 2.75) is 25.9 Å². The Labute approximate surface area is 168 Å². The summed E-state index contributed by atoms with van der Waals surface area (Å²) >= 11 is 4.93. The summed E-state index contributed by atoms with van der Waals surface area (Å²) in [7, 11) is 0. The van der Waals surface area contributed by atoms with Gasteiger partial charge in [0.25, 0.3) is 5.91 Å². The van der Waals surface area contributed by atoms with Gasteiger partial charge < -0.3 is 9.73 Å². The SMILES string of the molecule is Cc1oc(-c2cccs2)nc1CN1C(=O)N[C@@](C)(c2cccc(Br)c2)C1=O. The van der Waals surface area contributed by atoms with Gasteiger partial charge in [-0.2, -0.15) is 0 Å². The number of carbonyl (C=O) groups excluding carboxylic acids is 2. The van der Waals surface area contributed by atoms with E-state index < -0.39 is 11.6 Å². The Morgan fingerprint density at radius 3 is 2.81 bits per heavy atom. The van der Waals surface area contributed by atoms with Gasteiger partial charge in [0.05, 0.1) is 11.4 Å². The minimum atomic E-state index is -1.12. The monoisotopic (exact) mass is 445 g/mol. The molecule has 1 aliphatic rings. The lowest BCUT2D eigenvalue weighted by molar-refractivity contribution is -0.131. The average Bonchev–Trinajstić information content (AvgIpc) is 3.32. The summed E-state index contributed by atoms with van der Waals surface area (Å²) in [4.78, 5) is 32.2. The molecule has 1 aliphatic heterocycles. The number of hydrogen-bond donors (Lipinski definition) is 1. The van der Waals surface area contributed by atoms with Gasteiger partial charge in [0.1, 0.15) is 17.0 Å². The van der Waals surface area contributed by atoms with Crippen molar-refractivity contribution in [3.8, 4) is 10.8 Å². The predicted molar refractivity (Wildman–Crippen MR) is 105 cm³/mol. The molecule has 0 spiro atoms. The number of oxazole rings is 1. The van der Waals surface area contributed by atoms with Crippen molar-refractivity contribution in [2.24, 2.45) is 0 Å². The quantitative estimate of drug-likeness (QED) is 0.602. The van der Waals surface area contributed by atoms with Crippen LogP contribution in [-0.2, 0) is 16.9 Å². The standard InChI is InChI=1S/C19H16BrN3O3S/c1-11-14(21-16(26-11)15-7-4-8-27-15)10-23-17(24)19(2,22-18(23)25)12-5-3-6-13(20)9-12/h3-9H,10H2,1-2H3,(H,22,25)/t19-/m0/s1. The zero-order chi connectivity index (χ0) is 19.2. The summed E-state index contributed by atoms with van der Waals surface area (Å²) < 4.78 is 6.56. The summed E-state index contributed by atoms with van der Waals surface area (Å²) in [6.07, 6.45) is 0. The Kier molecular flexibility index (Phi) is 4.39. The molecule has 1 N–H and O–H groups in total. The zero-order valence-electron chi connectivity index (χ0n) is 14.7. The predicted octanol–water partition coefficient (Wildman–Crippen LogP) is 4.44. The molecule has 0 aliphatic carbocycles. The summed E-state index contributed by atoms with van der Waals surface area (Å²) in [5.41, 5.74) is 0.170. The number of benzene rings is 1. The van der Waals surface area contributed by atoms with Crippen LogP contribution in [-0.4, -0.2) is 21.8 Å². The molecular formula is C19H16BrN3O3S. The van der Waals surface area contributed by atoms with Crippen LogP contribution >= 0.6 is 27.3 Å². The second-order valence-corrected chi connectivity index (χ2v) is 8.32. The first kappa shape index (κ1) is 17.9. The van der Waals surface area contributed by atoms with E-state index in [1.807, 2.05) is 41.8 Å². The third kappa shape index (κ3) is 3.08.